The van der Waals surface area contributed by atoms with E-state index < -0.39 is 0 Å². The summed E-state index contributed by atoms with van der Waals surface area (Å²) in [5.74, 6) is 0.153. The summed E-state index contributed by atoms with van der Waals surface area (Å²) in [5.41, 5.74) is 0.0876. The van der Waals surface area contributed by atoms with Crippen molar-refractivity contribution < 1.29 is 4.79 Å². The zero-order chi connectivity index (χ0) is 12.2. The summed E-state index contributed by atoms with van der Waals surface area (Å²) in [5, 5.41) is 3.10. The molecule has 1 atom stereocenters. The van der Waals surface area contributed by atoms with Crippen LogP contribution in [0.2, 0.25) is 0 Å². The minimum atomic E-state index is 0.0504. The summed E-state index contributed by atoms with van der Waals surface area (Å²) >= 11 is 1.59. The van der Waals surface area contributed by atoms with E-state index in [1.807, 2.05) is 13.2 Å². The van der Waals surface area contributed by atoms with Gasteiger partial charge in [0.05, 0.1) is 5.25 Å². The number of likely N-dealkylation sites (tertiary alicyclic amines) is 1. The first-order chi connectivity index (χ1) is 7.47. The van der Waals surface area contributed by atoms with Gasteiger partial charge in [-0.25, -0.2) is 0 Å². The third-order valence-corrected chi connectivity index (χ3v) is 4.30. The van der Waals surface area contributed by atoms with Crippen LogP contribution in [-0.2, 0) is 4.79 Å². The molecule has 0 aromatic rings. The van der Waals surface area contributed by atoms with Gasteiger partial charge in [-0.15, -0.1) is 0 Å². The first-order valence-corrected chi connectivity index (χ1v) is 7.32. The Morgan fingerprint density at radius 3 is 2.50 bits per heavy atom. The molecule has 1 rings (SSSR count). The van der Waals surface area contributed by atoms with Crippen LogP contribution in [0.5, 0.6) is 0 Å². The molecule has 0 aliphatic carbocycles. The fourth-order valence-electron chi connectivity index (χ4n) is 1.99. The average molecular weight is 244 g/mol. The second-order valence-corrected chi connectivity index (χ2v) is 6.28. The standard InChI is InChI=1S/C12H24N2OS/c1-10(16-4)11(15)13-9-12(2,3)14-7-5-6-8-14/h10H,5-9H2,1-4H3,(H,13,15)/t10-/m1/s1. The smallest absolute Gasteiger partial charge is 0.232 e. The van der Waals surface area contributed by atoms with Gasteiger partial charge in [0.2, 0.25) is 5.91 Å². The lowest BCUT2D eigenvalue weighted by Gasteiger charge is -2.35. The second kappa shape index (κ2) is 5.92. The molecule has 1 aliphatic heterocycles. The summed E-state index contributed by atoms with van der Waals surface area (Å²) in [6.07, 6.45) is 4.55. The van der Waals surface area contributed by atoms with E-state index >= 15 is 0 Å². The van der Waals surface area contributed by atoms with Gasteiger partial charge in [0.1, 0.15) is 0 Å². The Kier molecular flexibility index (Phi) is 5.12. The lowest BCUT2D eigenvalue weighted by Crippen LogP contribution is -2.51. The molecule has 0 aromatic carbocycles. The molecule has 0 spiro atoms. The highest BCUT2D eigenvalue weighted by atomic mass is 32.2. The quantitative estimate of drug-likeness (QED) is 0.799. The van der Waals surface area contributed by atoms with Gasteiger partial charge in [-0.1, -0.05) is 0 Å². The molecule has 94 valence electrons. The fourth-order valence-corrected chi connectivity index (χ4v) is 2.29. The van der Waals surface area contributed by atoms with Crippen molar-refractivity contribution in [2.75, 3.05) is 25.9 Å². The number of hydrogen-bond acceptors (Lipinski definition) is 3. The van der Waals surface area contributed by atoms with Crippen molar-refractivity contribution in [3.8, 4) is 0 Å². The van der Waals surface area contributed by atoms with E-state index in [2.05, 4.69) is 24.1 Å². The third kappa shape index (κ3) is 3.67. The molecule has 1 heterocycles. The average Bonchev–Trinajstić information content (AvgIpc) is 2.78. The molecule has 0 unspecified atom stereocenters. The lowest BCUT2D eigenvalue weighted by molar-refractivity contribution is -0.120. The first-order valence-electron chi connectivity index (χ1n) is 6.03. The minimum Gasteiger partial charge on any atom is -0.353 e. The maximum Gasteiger partial charge on any atom is 0.232 e. The van der Waals surface area contributed by atoms with E-state index in [1.165, 1.54) is 25.9 Å². The summed E-state index contributed by atoms with van der Waals surface area (Å²) in [4.78, 5) is 14.2. The van der Waals surface area contributed by atoms with E-state index in [0.29, 0.717) is 0 Å². The Morgan fingerprint density at radius 2 is 2.00 bits per heavy atom. The van der Waals surface area contributed by atoms with Crippen LogP contribution in [0.1, 0.15) is 33.6 Å². The number of carbonyl (C=O) groups excluding carboxylic acids is 1. The molecule has 0 aromatic heterocycles. The Morgan fingerprint density at radius 1 is 1.44 bits per heavy atom. The molecule has 1 fully saturated rings. The van der Waals surface area contributed by atoms with Crippen molar-refractivity contribution in [2.45, 2.75) is 44.4 Å². The topological polar surface area (TPSA) is 32.3 Å². The van der Waals surface area contributed by atoms with Crippen LogP contribution in [0.25, 0.3) is 0 Å². The predicted molar refractivity (Wildman–Crippen MR) is 70.9 cm³/mol. The Hall–Kier alpha value is -0.220. The SMILES string of the molecule is CS[C@H](C)C(=O)NCC(C)(C)N1CCCC1. The lowest BCUT2D eigenvalue weighted by atomic mass is 10.0. The minimum absolute atomic E-state index is 0.0504. The Bertz CT molecular complexity index is 237. The van der Waals surface area contributed by atoms with Crippen molar-refractivity contribution >= 4 is 17.7 Å². The number of rotatable bonds is 5. The molecular formula is C12H24N2OS. The van der Waals surface area contributed by atoms with Crippen molar-refractivity contribution in [2.24, 2.45) is 0 Å². The molecule has 1 amide bonds. The van der Waals surface area contributed by atoms with E-state index in [9.17, 15) is 4.79 Å². The number of hydrogen-bond donors (Lipinski definition) is 1. The van der Waals surface area contributed by atoms with Crippen molar-refractivity contribution in [1.82, 2.24) is 10.2 Å². The predicted octanol–water partition coefficient (Wildman–Crippen LogP) is 1.73. The van der Waals surface area contributed by atoms with Crippen molar-refractivity contribution in [3.05, 3.63) is 0 Å². The van der Waals surface area contributed by atoms with Gasteiger partial charge in [-0.2, -0.15) is 11.8 Å². The van der Waals surface area contributed by atoms with Gasteiger partial charge < -0.3 is 5.32 Å². The van der Waals surface area contributed by atoms with Crippen LogP contribution < -0.4 is 5.32 Å². The monoisotopic (exact) mass is 244 g/mol. The van der Waals surface area contributed by atoms with Crippen molar-refractivity contribution in [3.63, 3.8) is 0 Å². The molecule has 1 saturated heterocycles. The van der Waals surface area contributed by atoms with Crippen LogP contribution in [-0.4, -0.2) is 47.5 Å². The molecule has 0 bridgehead atoms. The number of thioether (sulfide) groups is 1. The molecule has 0 radical (unpaired) electrons. The highest BCUT2D eigenvalue weighted by Crippen LogP contribution is 2.20. The normalized spacial score (nSPS) is 19.8. The molecule has 16 heavy (non-hydrogen) atoms. The van der Waals surface area contributed by atoms with Crippen LogP contribution in [0, 0.1) is 0 Å². The largest absolute Gasteiger partial charge is 0.353 e. The van der Waals surface area contributed by atoms with E-state index in [4.69, 9.17) is 0 Å². The van der Waals surface area contributed by atoms with E-state index in [1.54, 1.807) is 11.8 Å². The van der Waals surface area contributed by atoms with Gasteiger partial charge in [-0.05, 0) is 53.0 Å². The van der Waals surface area contributed by atoms with Crippen molar-refractivity contribution in [1.29, 1.82) is 0 Å². The summed E-state index contributed by atoms with van der Waals surface area (Å²) in [6, 6.07) is 0. The molecule has 1 aliphatic rings. The molecular weight excluding hydrogens is 220 g/mol. The Labute approximate surface area is 103 Å². The number of nitrogens with one attached hydrogen (secondary N) is 1. The second-order valence-electron chi connectivity index (χ2n) is 5.10. The number of carbonyl (C=O) groups is 1. The third-order valence-electron chi connectivity index (χ3n) is 3.38. The summed E-state index contributed by atoms with van der Waals surface area (Å²) < 4.78 is 0. The van der Waals surface area contributed by atoms with Crippen LogP contribution in [0.4, 0.5) is 0 Å². The molecule has 4 heteroatoms. The highest BCUT2D eigenvalue weighted by Gasteiger charge is 2.29. The summed E-state index contributed by atoms with van der Waals surface area (Å²) in [6.45, 7) is 9.45. The van der Waals surface area contributed by atoms with Gasteiger partial charge in [0.25, 0.3) is 0 Å². The number of nitrogens with zero attached hydrogens (tertiary/aromatic N) is 1. The zero-order valence-corrected chi connectivity index (χ0v) is 11.7. The molecule has 1 N–H and O–H groups in total. The number of amides is 1. The summed E-state index contributed by atoms with van der Waals surface area (Å²) in [7, 11) is 0. The van der Waals surface area contributed by atoms with Gasteiger partial charge >= 0.3 is 0 Å². The van der Waals surface area contributed by atoms with Crippen LogP contribution in [0.3, 0.4) is 0 Å². The zero-order valence-electron chi connectivity index (χ0n) is 10.9. The van der Waals surface area contributed by atoms with Gasteiger partial charge in [-0.3, -0.25) is 9.69 Å². The maximum atomic E-state index is 11.7. The maximum absolute atomic E-state index is 11.7. The van der Waals surface area contributed by atoms with Crippen LogP contribution in [0.15, 0.2) is 0 Å². The highest BCUT2D eigenvalue weighted by molar-refractivity contribution is 7.99. The van der Waals surface area contributed by atoms with Gasteiger partial charge in [0, 0.05) is 12.1 Å². The Balaban J connectivity index is 2.37. The molecule has 3 nitrogen and oxygen atoms in total. The molecule has 0 saturated carbocycles. The van der Waals surface area contributed by atoms with Crippen LogP contribution >= 0.6 is 11.8 Å². The van der Waals surface area contributed by atoms with E-state index in [0.717, 1.165) is 6.54 Å². The van der Waals surface area contributed by atoms with E-state index in [-0.39, 0.29) is 16.7 Å². The van der Waals surface area contributed by atoms with Gasteiger partial charge in [0.15, 0.2) is 0 Å². The fraction of sp³-hybridized carbons (Fsp3) is 0.917. The first kappa shape index (κ1) is 13.8.